The monoisotopic (exact) mass is 341 g/mol. The van der Waals surface area contributed by atoms with Crippen molar-refractivity contribution in [1.29, 1.82) is 0 Å². The van der Waals surface area contributed by atoms with Gasteiger partial charge in [0.05, 0.1) is 17.1 Å². The van der Waals surface area contributed by atoms with Crippen LogP contribution in [0.25, 0.3) is 0 Å². The summed E-state index contributed by atoms with van der Waals surface area (Å²) in [7, 11) is 1.63. The van der Waals surface area contributed by atoms with Crippen LogP contribution in [-0.2, 0) is 10.3 Å². The van der Waals surface area contributed by atoms with E-state index in [9.17, 15) is 4.79 Å². The van der Waals surface area contributed by atoms with Gasteiger partial charge in [0.2, 0.25) is 0 Å². The maximum atomic E-state index is 11.9. The zero-order valence-electron chi connectivity index (χ0n) is 12.2. The average Bonchev–Trinajstić information content (AvgIpc) is 3.07. The van der Waals surface area contributed by atoms with Crippen molar-refractivity contribution in [1.82, 2.24) is 5.32 Å². The van der Waals surface area contributed by atoms with Crippen LogP contribution in [0.3, 0.4) is 0 Å². The van der Waals surface area contributed by atoms with Crippen LogP contribution in [0.15, 0.2) is 22.7 Å². The van der Waals surface area contributed by atoms with Crippen LogP contribution in [0, 0.1) is 0 Å². The quantitative estimate of drug-likeness (QED) is 0.904. The Morgan fingerprint density at radius 1 is 1.35 bits per heavy atom. The molecule has 1 amide bonds. The van der Waals surface area contributed by atoms with Crippen molar-refractivity contribution < 1.29 is 14.3 Å². The van der Waals surface area contributed by atoms with Crippen LogP contribution in [0.2, 0.25) is 0 Å². The van der Waals surface area contributed by atoms with E-state index in [0.29, 0.717) is 0 Å². The molecule has 4 nitrogen and oxygen atoms in total. The largest absolute Gasteiger partial charge is 0.496 e. The number of amides is 1. The standard InChI is InChI=1S/C15H20BrNO3/c1-14(2,3)20-13(18)17-15(7-8-15)10-5-6-11(16)12(9-10)19-4/h5-6,9H,7-8H2,1-4H3,(H,17,18). The number of nitrogens with one attached hydrogen (secondary N) is 1. The molecule has 0 heterocycles. The SMILES string of the molecule is COc1cc(C2(NC(=O)OC(C)(C)C)CC2)ccc1Br. The number of halogens is 1. The van der Waals surface area contributed by atoms with E-state index in [1.54, 1.807) is 7.11 Å². The normalized spacial score (nSPS) is 16.4. The lowest BCUT2D eigenvalue weighted by Crippen LogP contribution is -2.39. The van der Waals surface area contributed by atoms with Gasteiger partial charge in [-0.05, 0) is 67.2 Å². The lowest BCUT2D eigenvalue weighted by atomic mass is 10.0. The van der Waals surface area contributed by atoms with Gasteiger partial charge in [-0.1, -0.05) is 6.07 Å². The molecule has 0 bridgehead atoms. The average molecular weight is 342 g/mol. The van der Waals surface area contributed by atoms with Crippen LogP contribution < -0.4 is 10.1 Å². The molecule has 0 atom stereocenters. The summed E-state index contributed by atoms with van der Waals surface area (Å²) < 4.78 is 11.5. The second-order valence-corrected chi connectivity index (χ2v) is 6.91. The summed E-state index contributed by atoms with van der Waals surface area (Å²) in [5.41, 5.74) is 0.247. The smallest absolute Gasteiger partial charge is 0.408 e. The Morgan fingerprint density at radius 2 is 2.00 bits per heavy atom. The molecule has 0 radical (unpaired) electrons. The molecule has 0 saturated heterocycles. The first-order valence-electron chi connectivity index (χ1n) is 6.61. The number of carbonyl (C=O) groups is 1. The third-order valence-electron chi connectivity index (χ3n) is 3.19. The van der Waals surface area contributed by atoms with Crippen molar-refractivity contribution in [3.63, 3.8) is 0 Å². The maximum absolute atomic E-state index is 11.9. The molecule has 1 aromatic rings. The lowest BCUT2D eigenvalue weighted by Gasteiger charge is -2.24. The van der Waals surface area contributed by atoms with E-state index in [4.69, 9.17) is 9.47 Å². The van der Waals surface area contributed by atoms with Crippen molar-refractivity contribution in [2.24, 2.45) is 0 Å². The highest BCUT2D eigenvalue weighted by Crippen LogP contribution is 2.47. The molecule has 1 aromatic carbocycles. The van der Waals surface area contributed by atoms with E-state index >= 15 is 0 Å². The fourth-order valence-electron chi connectivity index (χ4n) is 2.07. The van der Waals surface area contributed by atoms with Gasteiger partial charge in [-0.2, -0.15) is 0 Å². The third kappa shape index (κ3) is 3.45. The minimum atomic E-state index is -0.489. The summed E-state index contributed by atoms with van der Waals surface area (Å²) in [6, 6.07) is 5.89. The zero-order valence-corrected chi connectivity index (χ0v) is 13.8. The number of methoxy groups -OCH3 is 1. The van der Waals surface area contributed by atoms with E-state index in [-0.39, 0.29) is 11.6 Å². The highest BCUT2D eigenvalue weighted by molar-refractivity contribution is 9.10. The molecule has 1 aliphatic carbocycles. The first kappa shape index (κ1) is 15.2. The molecule has 0 aliphatic heterocycles. The van der Waals surface area contributed by atoms with Gasteiger partial charge >= 0.3 is 6.09 Å². The molecule has 1 N–H and O–H groups in total. The van der Waals surface area contributed by atoms with Crippen molar-refractivity contribution in [3.8, 4) is 5.75 Å². The van der Waals surface area contributed by atoms with Gasteiger partial charge in [-0.25, -0.2) is 4.79 Å². The summed E-state index contributed by atoms with van der Waals surface area (Å²) in [4.78, 5) is 11.9. The Morgan fingerprint density at radius 3 is 2.50 bits per heavy atom. The Labute approximate surface area is 128 Å². The van der Waals surface area contributed by atoms with Crippen LogP contribution >= 0.6 is 15.9 Å². The molecule has 20 heavy (non-hydrogen) atoms. The number of benzene rings is 1. The molecule has 1 fully saturated rings. The van der Waals surface area contributed by atoms with Gasteiger partial charge in [0.15, 0.2) is 0 Å². The van der Waals surface area contributed by atoms with Crippen LogP contribution in [0.1, 0.15) is 39.2 Å². The van der Waals surface area contributed by atoms with Crippen LogP contribution in [-0.4, -0.2) is 18.8 Å². The topological polar surface area (TPSA) is 47.6 Å². The van der Waals surface area contributed by atoms with E-state index in [0.717, 1.165) is 28.6 Å². The Bertz CT molecular complexity index is 518. The summed E-state index contributed by atoms with van der Waals surface area (Å²) in [5.74, 6) is 0.764. The lowest BCUT2D eigenvalue weighted by molar-refractivity contribution is 0.0495. The molecule has 1 aliphatic rings. The maximum Gasteiger partial charge on any atom is 0.408 e. The number of rotatable bonds is 3. The summed E-state index contributed by atoms with van der Waals surface area (Å²) >= 11 is 3.43. The molecular weight excluding hydrogens is 322 g/mol. The van der Waals surface area contributed by atoms with Gasteiger partial charge in [-0.15, -0.1) is 0 Å². The van der Waals surface area contributed by atoms with Crippen molar-refractivity contribution in [2.45, 2.75) is 44.8 Å². The molecular formula is C15H20BrNO3. The first-order valence-corrected chi connectivity index (χ1v) is 7.40. The fourth-order valence-corrected chi connectivity index (χ4v) is 2.48. The van der Waals surface area contributed by atoms with E-state index in [1.165, 1.54) is 0 Å². The molecule has 5 heteroatoms. The van der Waals surface area contributed by atoms with Gasteiger partial charge in [-0.3, -0.25) is 0 Å². The number of hydrogen-bond acceptors (Lipinski definition) is 3. The molecule has 0 aromatic heterocycles. The molecule has 0 unspecified atom stereocenters. The highest BCUT2D eigenvalue weighted by Gasteiger charge is 2.46. The second kappa shape index (κ2) is 5.28. The predicted molar refractivity (Wildman–Crippen MR) is 81.0 cm³/mol. The number of hydrogen-bond donors (Lipinski definition) is 1. The van der Waals surface area contributed by atoms with Gasteiger partial charge in [0.1, 0.15) is 11.4 Å². The van der Waals surface area contributed by atoms with Gasteiger partial charge in [0.25, 0.3) is 0 Å². The minimum Gasteiger partial charge on any atom is -0.496 e. The summed E-state index contributed by atoms with van der Waals surface area (Å²) in [5, 5.41) is 2.98. The van der Waals surface area contributed by atoms with Crippen molar-refractivity contribution in [2.75, 3.05) is 7.11 Å². The van der Waals surface area contributed by atoms with Crippen molar-refractivity contribution >= 4 is 22.0 Å². The molecule has 0 spiro atoms. The van der Waals surface area contributed by atoms with Crippen LogP contribution in [0.5, 0.6) is 5.75 Å². The fraction of sp³-hybridized carbons (Fsp3) is 0.533. The van der Waals surface area contributed by atoms with Gasteiger partial charge in [0, 0.05) is 0 Å². The highest BCUT2D eigenvalue weighted by atomic mass is 79.9. The molecule has 1 saturated carbocycles. The van der Waals surface area contributed by atoms with Crippen molar-refractivity contribution in [3.05, 3.63) is 28.2 Å². The third-order valence-corrected chi connectivity index (χ3v) is 3.85. The minimum absolute atomic E-state index is 0.309. The molecule has 110 valence electrons. The zero-order chi connectivity index (χ0) is 15.0. The first-order chi connectivity index (χ1) is 9.26. The predicted octanol–water partition coefficient (Wildman–Crippen LogP) is 3.97. The Hall–Kier alpha value is -1.23. The number of alkyl carbamates (subject to hydrolysis) is 1. The number of ether oxygens (including phenoxy) is 2. The van der Waals surface area contributed by atoms with E-state index in [2.05, 4.69) is 21.2 Å². The summed E-state index contributed by atoms with van der Waals surface area (Å²) in [6.45, 7) is 5.57. The van der Waals surface area contributed by atoms with Crippen LogP contribution in [0.4, 0.5) is 4.79 Å². The molecule has 2 rings (SSSR count). The Kier molecular flexibility index (Phi) is 4.00. The number of carbonyl (C=O) groups excluding carboxylic acids is 1. The van der Waals surface area contributed by atoms with Gasteiger partial charge < -0.3 is 14.8 Å². The second-order valence-electron chi connectivity index (χ2n) is 6.06. The Balaban J connectivity index is 2.13. The summed E-state index contributed by atoms with van der Waals surface area (Å²) in [6.07, 6.45) is 1.45. The van der Waals surface area contributed by atoms with E-state index < -0.39 is 5.60 Å². The van der Waals surface area contributed by atoms with E-state index in [1.807, 2.05) is 39.0 Å².